The van der Waals surface area contributed by atoms with Gasteiger partial charge in [-0.1, -0.05) is 41.6 Å². The fraction of sp³-hybridized carbons (Fsp3) is 0.160. The van der Waals surface area contributed by atoms with Gasteiger partial charge in [0.05, 0.1) is 5.71 Å². The monoisotopic (exact) mass is 446 g/mol. The first-order valence-corrected chi connectivity index (χ1v) is 10.5. The van der Waals surface area contributed by atoms with Crippen LogP contribution in [0.2, 0.25) is 0 Å². The van der Waals surface area contributed by atoms with E-state index >= 15 is 0 Å². The molecule has 3 N–H and O–H groups in total. The van der Waals surface area contributed by atoms with Gasteiger partial charge < -0.3 is 20.8 Å². The second-order valence-corrected chi connectivity index (χ2v) is 7.71. The van der Waals surface area contributed by atoms with Gasteiger partial charge in [-0.05, 0) is 54.4 Å². The highest BCUT2D eigenvalue weighted by molar-refractivity contribution is 6.04. The molecule has 1 atom stereocenters. The van der Waals surface area contributed by atoms with Gasteiger partial charge >= 0.3 is 6.03 Å². The average molecular weight is 446 g/mol. The molecule has 1 aliphatic heterocycles. The van der Waals surface area contributed by atoms with Crippen LogP contribution in [0, 0.1) is 12.7 Å². The van der Waals surface area contributed by atoms with E-state index in [0.717, 1.165) is 11.1 Å². The smallest absolute Gasteiger partial charge is 0.323 e. The number of carbonyl (C=O) groups excluding carboxylic acids is 2. The van der Waals surface area contributed by atoms with E-state index in [1.165, 1.54) is 12.1 Å². The summed E-state index contributed by atoms with van der Waals surface area (Å²) >= 11 is 0. The number of halogens is 1. The number of amides is 3. The second-order valence-electron chi connectivity index (χ2n) is 7.71. The first-order valence-electron chi connectivity index (χ1n) is 10.5. The van der Waals surface area contributed by atoms with Gasteiger partial charge in [0.2, 0.25) is 6.10 Å². The van der Waals surface area contributed by atoms with E-state index in [0.29, 0.717) is 22.6 Å². The molecule has 168 valence electrons. The number of anilines is 2. The van der Waals surface area contributed by atoms with Crippen LogP contribution in [0.1, 0.15) is 23.1 Å². The highest BCUT2D eigenvalue weighted by atomic mass is 19.1. The lowest BCUT2D eigenvalue weighted by Crippen LogP contribution is -2.34. The van der Waals surface area contributed by atoms with E-state index in [4.69, 9.17) is 4.84 Å². The van der Waals surface area contributed by atoms with Gasteiger partial charge in [0.1, 0.15) is 5.82 Å². The van der Waals surface area contributed by atoms with E-state index < -0.39 is 6.10 Å². The van der Waals surface area contributed by atoms with Crippen LogP contribution in [0.15, 0.2) is 78.0 Å². The van der Waals surface area contributed by atoms with E-state index in [1.54, 1.807) is 30.3 Å². The van der Waals surface area contributed by atoms with Crippen molar-refractivity contribution >= 4 is 29.0 Å². The molecule has 0 radical (unpaired) electrons. The van der Waals surface area contributed by atoms with E-state index in [1.807, 2.05) is 37.3 Å². The molecule has 1 aliphatic rings. The minimum absolute atomic E-state index is 0.253. The number of benzene rings is 3. The van der Waals surface area contributed by atoms with Gasteiger partial charge in [-0.3, -0.25) is 4.79 Å². The van der Waals surface area contributed by atoms with Crippen molar-refractivity contribution < 1.29 is 18.8 Å². The lowest BCUT2D eigenvalue weighted by atomic mass is 10.0. The number of hydrogen-bond donors (Lipinski definition) is 3. The Morgan fingerprint density at radius 3 is 2.48 bits per heavy atom. The number of nitrogens with one attached hydrogen (secondary N) is 3. The molecule has 3 aromatic carbocycles. The molecule has 7 nitrogen and oxygen atoms in total. The largest absolute Gasteiger partial charge is 0.382 e. The second kappa shape index (κ2) is 9.95. The standard InChI is InChI=1S/C25H23FN4O3/c1-16-5-2-9-20(11-16)28-25(32)29-21-10-3-6-17(12-21)15-27-24(31)23-14-22(30-33-23)18-7-4-8-19(26)13-18/h2-13,23H,14-15H2,1H3,(H,27,31)(H2,28,29,32). The molecule has 1 heterocycles. The minimum Gasteiger partial charge on any atom is -0.382 e. The van der Waals surface area contributed by atoms with E-state index in [9.17, 15) is 14.0 Å². The summed E-state index contributed by atoms with van der Waals surface area (Å²) in [5, 5.41) is 12.3. The van der Waals surface area contributed by atoms with Crippen LogP contribution >= 0.6 is 0 Å². The van der Waals surface area contributed by atoms with Crippen LogP contribution in [0.25, 0.3) is 0 Å². The Morgan fingerprint density at radius 1 is 1.00 bits per heavy atom. The maximum absolute atomic E-state index is 13.4. The summed E-state index contributed by atoms with van der Waals surface area (Å²) in [6.07, 6.45) is -0.514. The molecule has 0 saturated heterocycles. The minimum atomic E-state index is -0.773. The Kier molecular flexibility index (Phi) is 6.64. The summed E-state index contributed by atoms with van der Waals surface area (Å²) in [5.41, 5.74) is 4.27. The predicted molar refractivity (Wildman–Crippen MR) is 125 cm³/mol. The molecule has 0 spiro atoms. The lowest BCUT2D eigenvalue weighted by Gasteiger charge is -2.11. The fourth-order valence-corrected chi connectivity index (χ4v) is 3.43. The first-order chi connectivity index (χ1) is 16.0. The zero-order chi connectivity index (χ0) is 23.2. The first kappa shape index (κ1) is 22.0. The van der Waals surface area contributed by atoms with Crippen LogP contribution in [0.4, 0.5) is 20.6 Å². The van der Waals surface area contributed by atoms with Gasteiger partial charge in [-0.25, -0.2) is 9.18 Å². The van der Waals surface area contributed by atoms with E-state index in [-0.39, 0.29) is 30.7 Å². The molecule has 8 heteroatoms. The zero-order valence-electron chi connectivity index (χ0n) is 18.0. The summed E-state index contributed by atoms with van der Waals surface area (Å²) in [6, 6.07) is 20.3. The fourth-order valence-electron chi connectivity index (χ4n) is 3.43. The topological polar surface area (TPSA) is 91.8 Å². The molecule has 0 aliphatic carbocycles. The molecule has 0 saturated carbocycles. The highest BCUT2D eigenvalue weighted by Crippen LogP contribution is 2.18. The van der Waals surface area contributed by atoms with Crippen molar-refractivity contribution in [1.29, 1.82) is 0 Å². The quantitative estimate of drug-likeness (QED) is 0.517. The number of urea groups is 1. The number of nitrogens with zero attached hydrogens (tertiary/aromatic N) is 1. The number of rotatable bonds is 6. The number of carbonyl (C=O) groups is 2. The molecular weight excluding hydrogens is 423 g/mol. The van der Waals surface area contributed by atoms with Crippen LogP contribution in [0.5, 0.6) is 0 Å². The Hall–Kier alpha value is -4.20. The lowest BCUT2D eigenvalue weighted by molar-refractivity contribution is -0.131. The Labute approximate surface area is 190 Å². The van der Waals surface area contributed by atoms with Crippen molar-refractivity contribution in [2.24, 2.45) is 5.16 Å². The van der Waals surface area contributed by atoms with Crippen LogP contribution < -0.4 is 16.0 Å². The van der Waals surface area contributed by atoms with Crippen molar-refractivity contribution in [3.8, 4) is 0 Å². The number of aryl methyl sites for hydroxylation is 1. The third kappa shape index (κ3) is 5.94. The predicted octanol–water partition coefficient (Wildman–Crippen LogP) is 4.59. The Bertz CT molecular complexity index is 1210. The van der Waals surface area contributed by atoms with Gasteiger partial charge in [0.25, 0.3) is 5.91 Å². The van der Waals surface area contributed by atoms with Crippen LogP contribution in [-0.4, -0.2) is 23.8 Å². The summed E-state index contributed by atoms with van der Waals surface area (Å²) in [4.78, 5) is 30.0. The molecule has 33 heavy (non-hydrogen) atoms. The van der Waals surface area contributed by atoms with E-state index in [2.05, 4.69) is 21.1 Å². The Balaban J connectivity index is 1.28. The molecule has 3 aromatic rings. The van der Waals surface area contributed by atoms with Crippen molar-refractivity contribution in [3.63, 3.8) is 0 Å². The van der Waals surface area contributed by atoms with Gasteiger partial charge in [0, 0.05) is 29.9 Å². The van der Waals surface area contributed by atoms with Gasteiger partial charge in [0.15, 0.2) is 0 Å². The molecule has 0 aromatic heterocycles. The van der Waals surface area contributed by atoms with Crippen molar-refractivity contribution in [1.82, 2.24) is 5.32 Å². The summed E-state index contributed by atoms with van der Waals surface area (Å²) in [6.45, 7) is 2.20. The summed E-state index contributed by atoms with van der Waals surface area (Å²) in [5.74, 6) is -0.690. The van der Waals surface area contributed by atoms with Crippen molar-refractivity contribution in [2.75, 3.05) is 10.6 Å². The molecule has 3 amide bonds. The highest BCUT2D eigenvalue weighted by Gasteiger charge is 2.28. The number of oxime groups is 1. The third-order valence-corrected chi connectivity index (χ3v) is 5.05. The van der Waals surface area contributed by atoms with Gasteiger partial charge in [-0.15, -0.1) is 0 Å². The van der Waals surface area contributed by atoms with Crippen molar-refractivity contribution in [2.45, 2.75) is 26.0 Å². The number of hydrogen-bond acceptors (Lipinski definition) is 4. The van der Waals surface area contributed by atoms with Gasteiger partial charge in [-0.2, -0.15) is 0 Å². The average Bonchev–Trinajstić information content (AvgIpc) is 3.28. The zero-order valence-corrected chi connectivity index (χ0v) is 18.0. The summed E-state index contributed by atoms with van der Waals surface area (Å²) in [7, 11) is 0. The molecular formula is C25H23FN4O3. The SMILES string of the molecule is Cc1cccc(NC(=O)Nc2cccc(CNC(=O)C3CC(c4cccc(F)c4)=NO3)c2)c1. The maximum atomic E-state index is 13.4. The molecule has 1 unspecified atom stereocenters. The van der Waals surface area contributed by atoms with Crippen molar-refractivity contribution in [3.05, 3.63) is 95.3 Å². The molecule has 4 rings (SSSR count). The maximum Gasteiger partial charge on any atom is 0.323 e. The normalized spacial score (nSPS) is 14.7. The molecule has 0 fully saturated rings. The molecule has 0 bridgehead atoms. The van der Waals surface area contributed by atoms with Crippen LogP contribution in [-0.2, 0) is 16.2 Å². The van der Waals surface area contributed by atoms with Crippen LogP contribution in [0.3, 0.4) is 0 Å². The Morgan fingerprint density at radius 2 is 1.73 bits per heavy atom. The summed E-state index contributed by atoms with van der Waals surface area (Å²) < 4.78 is 13.4. The third-order valence-electron chi connectivity index (χ3n) is 5.05.